The molecule has 18 heavy (non-hydrogen) atoms. The first-order valence-corrected chi connectivity index (χ1v) is 6.04. The zero-order chi connectivity index (χ0) is 13.4. The van der Waals surface area contributed by atoms with Crippen LogP contribution in [0.15, 0.2) is 0 Å². The van der Waals surface area contributed by atoms with Crippen molar-refractivity contribution in [3.8, 4) is 0 Å². The lowest BCUT2D eigenvalue weighted by Crippen LogP contribution is -2.26. The van der Waals surface area contributed by atoms with Crippen molar-refractivity contribution in [2.45, 2.75) is 26.2 Å². The van der Waals surface area contributed by atoms with Gasteiger partial charge < -0.3 is 15.2 Å². The molecule has 0 saturated heterocycles. The number of nitrogens with one attached hydrogen (secondary N) is 2. The third-order valence-corrected chi connectivity index (χ3v) is 2.24. The number of carbonyl (C=O) groups excluding carboxylic acids is 1. The lowest BCUT2D eigenvalue weighted by molar-refractivity contribution is 0.0863. The molecule has 1 amide bonds. The van der Waals surface area contributed by atoms with E-state index in [0.717, 1.165) is 0 Å². The molecular formula is C11H20N4O3. The van der Waals surface area contributed by atoms with Crippen LogP contribution in [0.4, 0.5) is 0 Å². The van der Waals surface area contributed by atoms with Crippen LogP contribution in [0, 0.1) is 0 Å². The fraction of sp³-hybridized carbons (Fsp3) is 0.727. The summed E-state index contributed by atoms with van der Waals surface area (Å²) in [6, 6.07) is 0. The molecule has 7 heteroatoms. The van der Waals surface area contributed by atoms with Crippen molar-refractivity contribution in [3.05, 3.63) is 11.6 Å². The summed E-state index contributed by atoms with van der Waals surface area (Å²) >= 11 is 0. The monoisotopic (exact) mass is 256 g/mol. The third kappa shape index (κ3) is 4.80. The lowest BCUT2D eigenvalue weighted by atomic mass is 10.2. The molecule has 0 bridgehead atoms. The summed E-state index contributed by atoms with van der Waals surface area (Å²) in [7, 11) is 0. The van der Waals surface area contributed by atoms with Crippen LogP contribution in [0.3, 0.4) is 0 Å². The predicted octanol–water partition coefficient (Wildman–Crippen LogP) is 0.0569. The molecule has 0 radical (unpaired) electrons. The molecular weight excluding hydrogens is 236 g/mol. The Kier molecular flexibility index (Phi) is 6.31. The Morgan fingerprint density at radius 3 is 2.89 bits per heavy atom. The van der Waals surface area contributed by atoms with Crippen LogP contribution < -0.4 is 5.32 Å². The van der Waals surface area contributed by atoms with Gasteiger partial charge in [-0.25, -0.2) is 4.98 Å². The first-order valence-electron chi connectivity index (χ1n) is 6.04. The number of hydrogen-bond donors (Lipinski definition) is 3. The first kappa shape index (κ1) is 14.6. The zero-order valence-corrected chi connectivity index (χ0v) is 10.8. The van der Waals surface area contributed by atoms with Gasteiger partial charge in [0.1, 0.15) is 5.82 Å². The standard InChI is InChI=1S/C11H20N4O3/c1-8(2)9-13-10(15-14-9)11(17)12-4-3-6-18-7-5-16/h8,16H,3-7H2,1-2H3,(H,12,17)(H,13,14,15). The molecule has 0 fully saturated rings. The topological polar surface area (TPSA) is 100 Å². The SMILES string of the molecule is CC(C)c1nc(C(=O)NCCCOCCO)n[nH]1. The number of aromatic amines is 1. The van der Waals surface area contributed by atoms with E-state index >= 15 is 0 Å². The van der Waals surface area contributed by atoms with Gasteiger partial charge in [0.2, 0.25) is 5.82 Å². The van der Waals surface area contributed by atoms with Gasteiger partial charge in [-0.15, -0.1) is 5.10 Å². The molecule has 1 aromatic rings. The second-order valence-corrected chi connectivity index (χ2v) is 4.14. The first-order chi connectivity index (χ1) is 8.65. The smallest absolute Gasteiger partial charge is 0.290 e. The predicted molar refractivity (Wildman–Crippen MR) is 65.3 cm³/mol. The molecule has 1 aromatic heterocycles. The molecule has 102 valence electrons. The van der Waals surface area contributed by atoms with Gasteiger partial charge in [0, 0.05) is 19.1 Å². The van der Waals surface area contributed by atoms with E-state index in [0.29, 0.717) is 32.0 Å². The molecule has 0 aliphatic carbocycles. The summed E-state index contributed by atoms with van der Waals surface area (Å²) in [5.41, 5.74) is 0. The van der Waals surface area contributed by atoms with Crippen LogP contribution in [0.25, 0.3) is 0 Å². The zero-order valence-electron chi connectivity index (χ0n) is 10.8. The molecule has 0 aliphatic rings. The van der Waals surface area contributed by atoms with Crippen molar-refractivity contribution in [2.24, 2.45) is 0 Å². The molecule has 7 nitrogen and oxygen atoms in total. The van der Waals surface area contributed by atoms with E-state index in [1.54, 1.807) is 0 Å². The number of hydrogen-bond acceptors (Lipinski definition) is 5. The van der Waals surface area contributed by atoms with E-state index < -0.39 is 0 Å². The number of ether oxygens (including phenoxy) is 1. The van der Waals surface area contributed by atoms with Crippen LogP contribution in [0.2, 0.25) is 0 Å². The van der Waals surface area contributed by atoms with E-state index in [1.165, 1.54) is 0 Å². The highest BCUT2D eigenvalue weighted by atomic mass is 16.5. The summed E-state index contributed by atoms with van der Waals surface area (Å²) in [5.74, 6) is 0.785. The number of nitrogens with zero attached hydrogens (tertiary/aromatic N) is 2. The lowest BCUT2D eigenvalue weighted by Gasteiger charge is -2.03. The minimum absolute atomic E-state index is 0.0154. The summed E-state index contributed by atoms with van der Waals surface area (Å²) < 4.78 is 5.07. The van der Waals surface area contributed by atoms with E-state index in [-0.39, 0.29) is 24.3 Å². The van der Waals surface area contributed by atoms with Gasteiger partial charge in [-0.1, -0.05) is 13.8 Å². The minimum Gasteiger partial charge on any atom is -0.394 e. The number of aliphatic hydroxyl groups is 1. The number of rotatable bonds is 8. The third-order valence-electron chi connectivity index (χ3n) is 2.24. The molecule has 0 aromatic carbocycles. The molecule has 0 unspecified atom stereocenters. The Bertz CT molecular complexity index is 365. The highest BCUT2D eigenvalue weighted by Gasteiger charge is 2.13. The number of amides is 1. The fourth-order valence-corrected chi connectivity index (χ4v) is 1.26. The summed E-state index contributed by atoms with van der Waals surface area (Å²) in [6.45, 7) is 5.29. The average Bonchev–Trinajstić information content (AvgIpc) is 2.83. The second kappa shape index (κ2) is 7.78. The number of aliphatic hydroxyl groups excluding tert-OH is 1. The van der Waals surface area contributed by atoms with Crippen LogP contribution in [-0.2, 0) is 4.74 Å². The second-order valence-electron chi connectivity index (χ2n) is 4.14. The molecule has 0 saturated carbocycles. The Labute approximate surface area is 106 Å². The highest BCUT2D eigenvalue weighted by molar-refractivity contribution is 5.90. The molecule has 0 atom stereocenters. The van der Waals surface area contributed by atoms with Crippen LogP contribution >= 0.6 is 0 Å². The number of carbonyl (C=O) groups is 1. The van der Waals surface area contributed by atoms with Crippen molar-refractivity contribution in [2.75, 3.05) is 26.4 Å². The van der Waals surface area contributed by atoms with E-state index in [2.05, 4.69) is 20.5 Å². The largest absolute Gasteiger partial charge is 0.394 e. The van der Waals surface area contributed by atoms with E-state index in [4.69, 9.17) is 9.84 Å². The molecule has 0 aliphatic heterocycles. The Hall–Kier alpha value is -1.47. The van der Waals surface area contributed by atoms with Gasteiger partial charge >= 0.3 is 0 Å². The quantitative estimate of drug-likeness (QED) is 0.571. The van der Waals surface area contributed by atoms with Crippen LogP contribution in [-0.4, -0.2) is 52.6 Å². The molecule has 1 heterocycles. The Morgan fingerprint density at radius 1 is 1.50 bits per heavy atom. The molecule has 3 N–H and O–H groups in total. The van der Waals surface area contributed by atoms with Gasteiger partial charge in [-0.3, -0.25) is 9.89 Å². The summed E-state index contributed by atoms with van der Waals surface area (Å²) in [5, 5.41) is 17.8. The van der Waals surface area contributed by atoms with Crippen molar-refractivity contribution in [1.29, 1.82) is 0 Å². The highest BCUT2D eigenvalue weighted by Crippen LogP contribution is 2.07. The van der Waals surface area contributed by atoms with Gasteiger partial charge in [0.15, 0.2) is 0 Å². The minimum atomic E-state index is -0.291. The normalized spacial score (nSPS) is 10.9. The van der Waals surface area contributed by atoms with Gasteiger partial charge in [-0.05, 0) is 6.42 Å². The van der Waals surface area contributed by atoms with Crippen molar-refractivity contribution < 1.29 is 14.6 Å². The summed E-state index contributed by atoms with van der Waals surface area (Å²) in [4.78, 5) is 15.7. The van der Waals surface area contributed by atoms with Crippen LogP contribution in [0.1, 0.15) is 42.6 Å². The summed E-state index contributed by atoms with van der Waals surface area (Å²) in [6.07, 6.45) is 0.688. The van der Waals surface area contributed by atoms with E-state index in [1.807, 2.05) is 13.8 Å². The Morgan fingerprint density at radius 2 is 2.28 bits per heavy atom. The maximum absolute atomic E-state index is 11.6. The van der Waals surface area contributed by atoms with E-state index in [9.17, 15) is 4.79 Å². The van der Waals surface area contributed by atoms with Crippen molar-refractivity contribution >= 4 is 5.91 Å². The van der Waals surface area contributed by atoms with Crippen molar-refractivity contribution in [1.82, 2.24) is 20.5 Å². The van der Waals surface area contributed by atoms with Gasteiger partial charge in [-0.2, -0.15) is 0 Å². The number of H-pyrrole nitrogens is 1. The van der Waals surface area contributed by atoms with Gasteiger partial charge in [0.05, 0.1) is 13.2 Å². The van der Waals surface area contributed by atoms with Crippen LogP contribution in [0.5, 0.6) is 0 Å². The fourth-order valence-electron chi connectivity index (χ4n) is 1.26. The maximum atomic E-state index is 11.6. The Balaban J connectivity index is 2.23. The molecule has 0 spiro atoms. The number of aromatic nitrogens is 3. The molecule has 1 rings (SSSR count). The van der Waals surface area contributed by atoms with Crippen molar-refractivity contribution in [3.63, 3.8) is 0 Å². The maximum Gasteiger partial charge on any atom is 0.290 e. The average molecular weight is 256 g/mol. The van der Waals surface area contributed by atoms with Gasteiger partial charge in [0.25, 0.3) is 5.91 Å².